The molecule has 4 N–H and O–H groups in total. The number of nitrogens with one attached hydrogen (secondary N) is 2. The monoisotopic (exact) mass is 341 g/mol. The minimum absolute atomic E-state index is 0.0334. The van der Waals surface area contributed by atoms with Gasteiger partial charge in [-0.05, 0) is 38.1 Å². The molecule has 23 heavy (non-hydrogen) atoms. The molecule has 126 valence electrons. The summed E-state index contributed by atoms with van der Waals surface area (Å²) in [5, 5.41) is 10.4. The topological polar surface area (TPSA) is 128 Å². The van der Waals surface area contributed by atoms with Crippen molar-refractivity contribution in [2.45, 2.75) is 24.8 Å². The van der Waals surface area contributed by atoms with E-state index >= 15 is 0 Å². The molecular formula is C14H19N3O5S. The third-order valence-electron chi connectivity index (χ3n) is 2.59. The molecule has 0 saturated heterocycles. The molecular weight excluding hydrogens is 322 g/mol. The molecule has 0 spiro atoms. The van der Waals surface area contributed by atoms with Gasteiger partial charge >= 0.3 is 5.97 Å². The fraction of sp³-hybridized carbons (Fsp3) is 0.286. The van der Waals surface area contributed by atoms with Gasteiger partial charge in [-0.25, -0.2) is 18.4 Å². The van der Waals surface area contributed by atoms with Crippen molar-refractivity contribution in [1.82, 2.24) is 5.32 Å². The zero-order chi connectivity index (χ0) is 17.6. The number of rotatable bonds is 6. The van der Waals surface area contributed by atoms with E-state index in [-0.39, 0.29) is 16.6 Å². The van der Waals surface area contributed by atoms with E-state index in [0.29, 0.717) is 5.69 Å². The average molecular weight is 341 g/mol. The Kier molecular flexibility index (Phi) is 6.28. The van der Waals surface area contributed by atoms with Crippen molar-refractivity contribution in [3.63, 3.8) is 0 Å². The lowest BCUT2D eigenvalue weighted by Gasteiger charge is -2.13. The summed E-state index contributed by atoms with van der Waals surface area (Å²) in [5.74, 6) is -1.20. The van der Waals surface area contributed by atoms with Gasteiger partial charge in [0.25, 0.3) is 5.91 Å². The zero-order valence-corrected chi connectivity index (χ0v) is 13.8. The highest BCUT2D eigenvalue weighted by Gasteiger charge is 2.14. The number of hydrogen-bond acceptors (Lipinski definition) is 6. The molecule has 1 amide bonds. The third kappa shape index (κ3) is 6.09. The molecule has 9 heteroatoms. The lowest BCUT2D eigenvalue weighted by atomic mass is 10.2. The number of amides is 1. The van der Waals surface area contributed by atoms with Gasteiger partial charge in [0.1, 0.15) is 5.70 Å². The number of primary sulfonamides is 1. The number of benzene rings is 1. The quantitative estimate of drug-likeness (QED) is 0.505. The largest absolute Gasteiger partial charge is 0.466 e. The number of hydrogen-bond donors (Lipinski definition) is 3. The summed E-state index contributed by atoms with van der Waals surface area (Å²) >= 11 is 0. The number of anilines is 1. The average Bonchev–Trinajstić information content (AvgIpc) is 2.45. The van der Waals surface area contributed by atoms with Crippen molar-refractivity contribution in [2.75, 3.05) is 12.4 Å². The fourth-order valence-corrected chi connectivity index (χ4v) is 2.07. The van der Waals surface area contributed by atoms with Crippen LogP contribution in [0.15, 0.2) is 40.9 Å². The van der Waals surface area contributed by atoms with Crippen LogP contribution in [0.1, 0.15) is 13.8 Å². The van der Waals surface area contributed by atoms with Crippen molar-refractivity contribution in [3.8, 4) is 0 Å². The van der Waals surface area contributed by atoms with Crippen LogP contribution in [0, 0.1) is 0 Å². The Balaban J connectivity index is 3.03. The van der Waals surface area contributed by atoms with Crippen LogP contribution >= 0.6 is 0 Å². The second kappa shape index (κ2) is 7.75. The SMILES string of the molecule is COC(=O)/C=C(\Nc1ccc(S(N)(=O)=O)cc1)C(=O)NC(C)C. The molecule has 0 radical (unpaired) electrons. The number of nitrogens with two attached hydrogens (primary N) is 1. The van der Waals surface area contributed by atoms with Crippen LogP contribution in [0.5, 0.6) is 0 Å². The molecule has 1 aromatic carbocycles. The van der Waals surface area contributed by atoms with Crippen LogP contribution in [-0.2, 0) is 24.3 Å². The Labute approximate surface area is 134 Å². The summed E-state index contributed by atoms with van der Waals surface area (Å²) in [7, 11) is -2.61. The Morgan fingerprint density at radius 1 is 1.22 bits per heavy atom. The predicted molar refractivity (Wildman–Crippen MR) is 84.8 cm³/mol. The van der Waals surface area contributed by atoms with Gasteiger partial charge in [0.2, 0.25) is 10.0 Å². The molecule has 1 rings (SSSR count). The molecule has 0 saturated carbocycles. The molecule has 0 unspecified atom stereocenters. The van der Waals surface area contributed by atoms with E-state index < -0.39 is 21.9 Å². The first-order valence-electron chi connectivity index (χ1n) is 6.64. The van der Waals surface area contributed by atoms with Crippen molar-refractivity contribution < 1.29 is 22.7 Å². The molecule has 0 aliphatic rings. The highest BCUT2D eigenvalue weighted by atomic mass is 32.2. The molecule has 0 heterocycles. The van der Waals surface area contributed by atoms with E-state index in [1.54, 1.807) is 13.8 Å². The normalized spacial score (nSPS) is 12.0. The molecule has 0 aliphatic heterocycles. The number of carbonyl (C=O) groups excluding carboxylic acids is 2. The lowest BCUT2D eigenvalue weighted by molar-refractivity contribution is -0.135. The van der Waals surface area contributed by atoms with Gasteiger partial charge in [-0.15, -0.1) is 0 Å². The van der Waals surface area contributed by atoms with Crippen LogP contribution in [0.4, 0.5) is 5.69 Å². The predicted octanol–water partition coefficient (Wildman–Crippen LogP) is 0.327. The van der Waals surface area contributed by atoms with Crippen LogP contribution in [0.25, 0.3) is 0 Å². The smallest absolute Gasteiger partial charge is 0.332 e. The molecule has 8 nitrogen and oxygen atoms in total. The van der Waals surface area contributed by atoms with Crippen molar-refractivity contribution in [2.24, 2.45) is 5.14 Å². The second-order valence-electron chi connectivity index (χ2n) is 4.90. The Morgan fingerprint density at radius 2 is 1.78 bits per heavy atom. The van der Waals surface area contributed by atoms with E-state index in [9.17, 15) is 18.0 Å². The Morgan fingerprint density at radius 3 is 2.22 bits per heavy atom. The van der Waals surface area contributed by atoms with Gasteiger partial charge < -0.3 is 15.4 Å². The van der Waals surface area contributed by atoms with Crippen molar-refractivity contribution >= 4 is 27.6 Å². The molecule has 0 bridgehead atoms. The van der Waals surface area contributed by atoms with Crippen LogP contribution < -0.4 is 15.8 Å². The number of sulfonamides is 1. The molecule has 0 aromatic heterocycles. The van der Waals surface area contributed by atoms with E-state index in [0.717, 1.165) is 6.08 Å². The van der Waals surface area contributed by atoms with E-state index in [2.05, 4.69) is 15.4 Å². The maximum atomic E-state index is 12.1. The highest BCUT2D eigenvalue weighted by molar-refractivity contribution is 7.89. The van der Waals surface area contributed by atoms with Crippen LogP contribution in [-0.4, -0.2) is 33.4 Å². The van der Waals surface area contributed by atoms with Crippen molar-refractivity contribution in [1.29, 1.82) is 0 Å². The Hall–Kier alpha value is -2.39. The number of methoxy groups -OCH3 is 1. The van der Waals surface area contributed by atoms with E-state index in [4.69, 9.17) is 5.14 Å². The summed E-state index contributed by atoms with van der Waals surface area (Å²) in [5.41, 5.74) is 0.375. The third-order valence-corrected chi connectivity index (χ3v) is 3.52. The molecule has 0 atom stereocenters. The molecule has 0 fully saturated rings. The maximum Gasteiger partial charge on any atom is 0.332 e. The fourth-order valence-electron chi connectivity index (χ4n) is 1.56. The van der Waals surface area contributed by atoms with Gasteiger partial charge in [0, 0.05) is 11.7 Å². The summed E-state index contributed by atoms with van der Waals surface area (Å²) in [4.78, 5) is 23.4. The van der Waals surface area contributed by atoms with Gasteiger partial charge in [-0.3, -0.25) is 4.79 Å². The zero-order valence-electron chi connectivity index (χ0n) is 13.0. The van der Waals surface area contributed by atoms with Crippen LogP contribution in [0.2, 0.25) is 0 Å². The first-order chi connectivity index (χ1) is 10.6. The second-order valence-corrected chi connectivity index (χ2v) is 6.47. The lowest BCUT2D eigenvalue weighted by Crippen LogP contribution is -2.34. The van der Waals surface area contributed by atoms with Gasteiger partial charge in [0.05, 0.1) is 18.1 Å². The first-order valence-corrected chi connectivity index (χ1v) is 8.18. The molecule has 1 aromatic rings. The van der Waals surface area contributed by atoms with Crippen LogP contribution in [0.3, 0.4) is 0 Å². The number of esters is 1. The van der Waals surface area contributed by atoms with Gasteiger partial charge in [0.15, 0.2) is 0 Å². The maximum absolute atomic E-state index is 12.1. The minimum Gasteiger partial charge on any atom is -0.466 e. The first kappa shape index (κ1) is 18.7. The minimum atomic E-state index is -3.80. The highest BCUT2D eigenvalue weighted by Crippen LogP contribution is 2.15. The van der Waals surface area contributed by atoms with Gasteiger partial charge in [-0.1, -0.05) is 0 Å². The number of ether oxygens (including phenoxy) is 1. The standard InChI is InChI=1S/C14H19N3O5S/c1-9(2)16-14(19)12(8-13(18)22-3)17-10-4-6-11(7-5-10)23(15,20)21/h4-9,17H,1-3H3,(H,16,19)(H2,15,20,21)/b12-8-. The Bertz CT molecular complexity index is 708. The van der Waals surface area contributed by atoms with Gasteiger partial charge in [-0.2, -0.15) is 0 Å². The van der Waals surface area contributed by atoms with E-state index in [1.807, 2.05) is 0 Å². The van der Waals surface area contributed by atoms with Crippen molar-refractivity contribution in [3.05, 3.63) is 36.0 Å². The summed E-state index contributed by atoms with van der Waals surface area (Å²) < 4.78 is 26.9. The summed E-state index contributed by atoms with van der Waals surface area (Å²) in [6.07, 6.45) is 1.01. The summed E-state index contributed by atoms with van der Waals surface area (Å²) in [6, 6.07) is 5.29. The molecule has 0 aliphatic carbocycles. The van der Waals surface area contributed by atoms with E-state index in [1.165, 1.54) is 31.4 Å². The summed E-state index contributed by atoms with van der Waals surface area (Å²) in [6.45, 7) is 3.54. The number of carbonyl (C=O) groups is 2.